The monoisotopic (exact) mass is 521 g/mol. The Kier molecular flexibility index (Phi) is 6.56. The summed E-state index contributed by atoms with van der Waals surface area (Å²) >= 11 is 6.84. The van der Waals surface area contributed by atoms with Gasteiger partial charge in [-0.25, -0.2) is 9.78 Å². The normalized spacial score (nSPS) is 17.7. The topological polar surface area (TPSA) is 171 Å². The molecule has 14 heteroatoms. The summed E-state index contributed by atoms with van der Waals surface area (Å²) in [6.07, 6.45) is 2.42. The van der Waals surface area contributed by atoms with E-state index >= 15 is 0 Å². The van der Waals surface area contributed by atoms with E-state index in [0.717, 1.165) is 12.8 Å². The third-order valence-corrected chi connectivity index (χ3v) is 6.83. The van der Waals surface area contributed by atoms with Crippen molar-refractivity contribution in [1.29, 1.82) is 10.5 Å². The van der Waals surface area contributed by atoms with Gasteiger partial charge in [0.15, 0.2) is 17.2 Å². The summed E-state index contributed by atoms with van der Waals surface area (Å²) in [6, 6.07) is 7.81. The highest BCUT2D eigenvalue weighted by Gasteiger charge is 2.28. The smallest absolute Gasteiger partial charge is 0.404 e. The average molecular weight is 522 g/mol. The molecule has 13 nitrogen and oxygen atoms in total. The summed E-state index contributed by atoms with van der Waals surface area (Å²) in [5, 5.41) is 41.9. The van der Waals surface area contributed by atoms with Gasteiger partial charge in [-0.2, -0.15) is 20.0 Å². The fraction of sp³-hybridized carbons (Fsp3) is 0.391. The van der Waals surface area contributed by atoms with Crippen LogP contribution in [-0.2, 0) is 0 Å². The van der Waals surface area contributed by atoms with Crippen LogP contribution >= 0.6 is 11.6 Å². The molecule has 190 valence electrons. The van der Waals surface area contributed by atoms with Gasteiger partial charge in [0.2, 0.25) is 5.95 Å². The molecule has 37 heavy (non-hydrogen) atoms. The standard InChI is InChI=1S/C23H24ClN11O2/c1-33-4-5-34(12-16(33)11-28-23(36)37)18-7-13(8-25)6-17(19(18)24)30-22-31-20(29-14-2-3-14)21-27-10-15(9-26)35(21)32-22/h6-7,10,14,16,28H,2-5,11-12H2,1H3,(H,36,37)(H2,29,30,31,32). The second-order valence-corrected chi connectivity index (χ2v) is 9.43. The number of imidazole rings is 1. The number of hydrogen-bond donors (Lipinski definition) is 4. The van der Waals surface area contributed by atoms with Crippen molar-refractivity contribution in [3.05, 3.63) is 34.6 Å². The van der Waals surface area contributed by atoms with Crippen molar-refractivity contribution in [2.24, 2.45) is 0 Å². The van der Waals surface area contributed by atoms with Gasteiger partial charge in [-0.15, -0.1) is 5.10 Å². The molecule has 0 bridgehead atoms. The average Bonchev–Trinajstić information content (AvgIpc) is 3.60. The number of nitrogens with zero attached hydrogens (tertiary/aromatic N) is 8. The van der Waals surface area contributed by atoms with Crippen LogP contribution in [-0.4, -0.2) is 81.0 Å². The Morgan fingerprint density at radius 2 is 2.08 bits per heavy atom. The lowest BCUT2D eigenvalue weighted by Gasteiger charge is -2.41. The number of carbonyl (C=O) groups is 1. The quantitative estimate of drug-likeness (QED) is 0.359. The molecule has 0 spiro atoms. The fourth-order valence-electron chi connectivity index (χ4n) is 4.23. The number of halogens is 1. The van der Waals surface area contributed by atoms with Crippen LogP contribution in [0.25, 0.3) is 5.65 Å². The highest BCUT2D eigenvalue weighted by atomic mass is 35.5. The Morgan fingerprint density at radius 1 is 1.27 bits per heavy atom. The number of likely N-dealkylation sites (N-methyl/N-ethyl adjacent to an activating group) is 1. The van der Waals surface area contributed by atoms with Gasteiger partial charge in [-0.1, -0.05) is 11.6 Å². The molecule has 1 saturated carbocycles. The Bertz CT molecular complexity index is 1440. The lowest BCUT2D eigenvalue weighted by Crippen LogP contribution is -2.55. The van der Waals surface area contributed by atoms with Crippen LogP contribution < -0.4 is 20.9 Å². The highest BCUT2D eigenvalue weighted by Crippen LogP contribution is 2.37. The number of rotatable bonds is 7. The first-order valence-corrected chi connectivity index (χ1v) is 12.1. The van der Waals surface area contributed by atoms with Crippen molar-refractivity contribution in [2.75, 3.05) is 48.8 Å². The molecule has 1 amide bonds. The van der Waals surface area contributed by atoms with E-state index in [1.165, 1.54) is 10.7 Å². The second-order valence-electron chi connectivity index (χ2n) is 9.05. The molecule has 2 fully saturated rings. The van der Waals surface area contributed by atoms with Crippen molar-refractivity contribution >= 4 is 46.5 Å². The lowest BCUT2D eigenvalue weighted by molar-refractivity contribution is 0.179. The van der Waals surface area contributed by atoms with E-state index in [4.69, 9.17) is 16.7 Å². The van der Waals surface area contributed by atoms with E-state index in [0.29, 0.717) is 59.1 Å². The van der Waals surface area contributed by atoms with E-state index in [1.54, 1.807) is 12.1 Å². The third-order valence-electron chi connectivity index (χ3n) is 6.43. The van der Waals surface area contributed by atoms with Crippen molar-refractivity contribution in [3.63, 3.8) is 0 Å². The number of carboxylic acid groups (broad SMARTS) is 1. The molecule has 2 aromatic heterocycles. The molecular formula is C23H24ClN11O2. The summed E-state index contributed by atoms with van der Waals surface area (Å²) in [5.74, 6) is 0.692. The lowest BCUT2D eigenvalue weighted by atomic mass is 10.1. The van der Waals surface area contributed by atoms with Gasteiger partial charge in [0.1, 0.15) is 6.07 Å². The molecule has 1 unspecified atom stereocenters. The second kappa shape index (κ2) is 9.97. The van der Waals surface area contributed by atoms with Gasteiger partial charge in [0.05, 0.1) is 34.2 Å². The van der Waals surface area contributed by atoms with Gasteiger partial charge >= 0.3 is 6.09 Å². The largest absolute Gasteiger partial charge is 0.465 e. The molecule has 1 aromatic carbocycles. The highest BCUT2D eigenvalue weighted by molar-refractivity contribution is 6.36. The SMILES string of the molecule is CN1CCN(c2cc(C#N)cc(Nc3nc(NC4CC4)c4ncc(C#N)n4n3)c2Cl)CC1CNC(=O)O. The minimum Gasteiger partial charge on any atom is -0.465 e. The molecule has 3 aromatic rings. The first kappa shape index (κ1) is 24.4. The van der Waals surface area contributed by atoms with Gasteiger partial charge in [0.25, 0.3) is 0 Å². The molecular weight excluding hydrogens is 498 g/mol. The minimum absolute atomic E-state index is 0.0736. The summed E-state index contributed by atoms with van der Waals surface area (Å²) in [5.41, 5.74) is 2.18. The third kappa shape index (κ3) is 5.14. The van der Waals surface area contributed by atoms with Crippen molar-refractivity contribution in [3.8, 4) is 12.1 Å². The summed E-state index contributed by atoms with van der Waals surface area (Å²) in [6.45, 7) is 2.12. The number of anilines is 4. The van der Waals surface area contributed by atoms with E-state index in [9.17, 15) is 15.3 Å². The molecule has 2 aliphatic rings. The first-order chi connectivity index (χ1) is 17.9. The predicted octanol–water partition coefficient (Wildman–Crippen LogP) is 2.23. The molecule has 1 saturated heterocycles. The van der Waals surface area contributed by atoms with Crippen molar-refractivity contribution in [1.82, 2.24) is 29.8 Å². The number of benzene rings is 1. The van der Waals surface area contributed by atoms with Crippen LogP contribution in [0.4, 0.5) is 27.9 Å². The Hall–Kier alpha value is -4.33. The molecule has 1 atom stereocenters. The van der Waals surface area contributed by atoms with E-state index in [1.807, 2.05) is 11.9 Å². The van der Waals surface area contributed by atoms with Crippen LogP contribution in [0.2, 0.25) is 5.02 Å². The van der Waals surface area contributed by atoms with Gasteiger partial charge in [-0.05, 0) is 32.0 Å². The van der Waals surface area contributed by atoms with E-state index in [-0.39, 0.29) is 24.2 Å². The summed E-state index contributed by atoms with van der Waals surface area (Å²) < 4.78 is 1.42. The summed E-state index contributed by atoms with van der Waals surface area (Å²) in [7, 11) is 1.94. The van der Waals surface area contributed by atoms with Crippen LogP contribution in [0.15, 0.2) is 18.3 Å². The van der Waals surface area contributed by atoms with E-state index < -0.39 is 6.09 Å². The predicted molar refractivity (Wildman–Crippen MR) is 136 cm³/mol. The first-order valence-electron chi connectivity index (χ1n) is 11.7. The van der Waals surface area contributed by atoms with Gasteiger partial charge in [0, 0.05) is 38.3 Å². The Morgan fingerprint density at radius 3 is 2.78 bits per heavy atom. The maximum Gasteiger partial charge on any atom is 0.404 e. The minimum atomic E-state index is -1.08. The van der Waals surface area contributed by atoms with Gasteiger partial charge < -0.3 is 26.0 Å². The van der Waals surface area contributed by atoms with Gasteiger partial charge in [-0.3, -0.25) is 4.90 Å². The van der Waals surface area contributed by atoms with Crippen LogP contribution in [0, 0.1) is 22.7 Å². The van der Waals surface area contributed by atoms with Crippen LogP contribution in [0.3, 0.4) is 0 Å². The zero-order valence-corrected chi connectivity index (χ0v) is 20.7. The molecule has 1 aliphatic carbocycles. The molecule has 3 heterocycles. The summed E-state index contributed by atoms with van der Waals surface area (Å²) in [4.78, 5) is 24.0. The maximum atomic E-state index is 11.0. The number of piperazine rings is 1. The number of nitrogens with one attached hydrogen (secondary N) is 3. The molecule has 5 rings (SSSR count). The maximum absolute atomic E-state index is 11.0. The fourth-order valence-corrected chi connectivity index (χ4v) is 4.51. The molecule has 0 radical (unpaired) electrons. The number of fused-ring (bicyclic) bond motifs is 1. The number of nitriles is 2. The van der Waals surface area contributed by atoms with Crippen molar-refractivity contribution < 1.29 is 9.90 Å². The van der Waals surface area contributed by atoms with Crippen LogP contribution in [0.5, 0.6) is 0 Å². The molecule has 1 aliphatic heterocycles. The Labute approximate surface area is 217 Å². The number of hydrogen-bond acceptors (Lipinski definition) is 10. The number of amides is 1. The Balaban J connectivity index is 1.48. The van der Waals surface area contributed by atoms with Crippen LogP contribution in [0.1, 0.15) is 24.1 Å². The van der Waals surface area contributed by atoms with E-state index in [2.05, 4.69) is 48.1 Å². The number of aromatic nitrogens is 4. The zero-order chi connectivity index (χ0) is 26.1. The zero-order valence-electron chi connectivity index (χ0n) is 19.9. The van der Waals surface area contributed by atoms with Crippen molar-refractivity contribution in [2.45, 2.75) is 24.9 Å². The molecule has 4 N–H and O–H groups in total.